The predicted molar refractivity (Wildman–Crippen MR) is 45.6 cm³/mol. The second-order valence-corrected chi connectivity index (χ2v) is 2.81. The number of carbonyl (C=O) groups is 1. The van der Waals surface area contributed by atoms with Gasteiger partial charge in [0.25, 0.3) is 0 Å². The molecule has 0 saturated carbocycles. The summed E-state index contributed by atoms with van der Waals surface area (Å²) >= 11 is 0. The van der Waals surface area contributed by atoms with Crippen LogP contribution in [0.4, 0.5) is 0 Å². The van der Waals surface area contributed by atoms with E-state index >= 15 is 0 Å². The van der Waals surface area contributed by atoms with Crippen molar-refractivity contribution in [2.24, 2.45) is 0 Å². The molecule has 0 aromatic rings. The maximum Gasteiger partial charge on any atom is 0.219 e. The van der Waals surface area contributed by atoms with E-state index < -0.39 is 0 Å². The summed E-state index contributed by atoms with van der Waals surface area (Å²) in [7, 11) is 1.68. The quantitative estimate of drug-likeness (QED) is 0.597. The van der Waals surface area contributed by atoms with Gasteiger partial charge >= 0.3 is 0 Å². The molecule has 72 valence electrons. The zero-order valence-corrected chi connectivity index (χ0v) is 7.66. The molecule has 1 amide bonds. The largest absolute Gasteiger partial charge is 0.396 e. The van der Waals surface area contributed by atoms with Gasteiger partial charge in [-0.05, 0) is 12.8 Å². The molecule has 0 fully saturated rings. The molecule has 0 aliphatic carbocycles. The molecule has 0 atom stereocenters. The number of aliphatic hydroxyl groups excluding tert-OH is 2. The molecule has 4 nitrogen and oxygen atoms in total. The number of hydrogen-bond donors (Lipinski definition) is 2. The van der Waals surface area contributed by atoms with Crippen LogP contribution in [0.1, 0.15) is 19.8 Å². The first-order valence-corrected chi connectivity index (χ1v) is 4.08. The molecule has 2 N–H and O–H groups in total. The maximum atomic E-state index is 10.9. The lowest BCUT2D eigenvalue weighted by Gasteiger charge is -2.25. The smallest absolute Gasteiger partial charge is 0.219 e. The summed E-state index contributed by atoms with van der Waals surface area (Å²) in [5.41, 5.74) is 0. The van der Waals surface area contributed by atoms with Gasteiger partial charge in [-0.1, -0.05) is 0 Å². The van der Waals surface area contributed by atoms with Crippen molar-refractivity contribution in [1.82, 2.24) is 4.90 Å². The van der Waals surface area contributed by atoms with Crippen LogP contribution in [0.15, 0.2) is 0 Å². The van der Waals surface area contributed by atoms with Crippen LogP contribution in [0.2, 0.25) is 0 Å². The molecule has 0 spiro atoms. The molecule has 0 aromatic heterocycles. The number of amides is 1. The Bertz CT molecular complexity index is 132. The van der Waals surface area contributed by atoms with Crippen molar-refractivity contribution in [2.75, 3.05) is 20.3 Å². The van der Waals surface area contributed by atoms with Crippen LogP contribution in [-0.2, 0) is 4.79 Å². The molecular formula is C8H17NO3. The Hall–Kier alpha value is -0.610. The van der Waals surface area contributed by atoms with Gasteiger partial charge in [-0.15, -0.1) is 0 Å². The second-order valence-electron chi connectivity index (χ2n) is 2.81. The third-order valence-electron chi connectivity index (χ3n) is 1.97. The highest BCUT2D eigenvalue weighted by Crippen LogP contribution is 2.05. The molecule has 0 rings (SSSR count). The summed E-state index contributed by atoms with van der Waals surface area (Å²) < 4.78 is 0. The van der Waals surface area contributed by atoms with E-state index in [4.69, 9.17) is 10.2 Å². The van der Waals surface area contributed by atoms with E-state index in [1.165, 1.54) is 6.92 Å². The highest BCUT2D eigenvalue weighted by Gasteiger charge is 2.15. The number of carbonyl (C=O) groups excluding carboxylic acids is 1. The van der Waals surface area contributed by atoms with E-state index in [9.17, 15) is 4.79 Å². The molecule has 0 bridgehead atoms. The fourth-order valence-corrected chi connectivity index (χ4v) is 1.09. The van der Waals surface area contributed by atoms with E-state index in [1.54, 1.807) is 11.9 Å². The summed E-state index contributed by atoms with van der Waals surface area (Å²) in [6.45, 7) is 1.56. The van der Waals surface area contributed by atoms with E-state index in [2.05, 4.69) is 0 Å². The minimum atomic E-state index is -0.0440. The van der Waals surface area contributed by atoms with Gasteiger partial charge in [0.15, 0.2) is 0 Å². The maximum absolute atomic E-state index is 10.9. The van der Waals surface area contributed by atoms with E-state index in [-0.39, 0.29) is 25.2 Å². The first kappa shape index (κ1) is 11.4. The number of rotatable bonds is 5. The van der Waals surface area contributed by atoms with E-state index in [0.29, 0.717) is 12.8 Å². The Balaban J connectivity index is 3.98. The Morgan fingerprint density at radius 1 is 1.33 bits per heavy atom. The van der Waals surface area contributed by atoms with Crippen molar-refractivity contribution in [1.29, 1.82) is 0 Å². The van der Waals surface area contributed by atoms with Gasteiger partial charge in [0, 0.05) is 33.2 Å². The molecule has 0 aromatic carbocycles. The van der Waals surface area contributed by atoms with Gasteiger partial charge < -0.3 is 15.1 Å². The monoisotopic (exact) mass is 175 g/mol. The molecule has 4 heteroatoms. The zero-order chi connectivity index (χ0) is 9.56. The standard InChI is InChI=1S/C8H17NO3/c1-7(12)9(2)8(3-5-10)4-6-11/h8,10-11H,3-6H2,1-2H3. The third kappa shape index (κ3) is 3.69. The molecule has 0 aliphatic heterocycles. The Morgan fingerprint density at radius 3 is 2.00 bits per heavy atom. The summed E-state index contributed by atoms with van der Waals surface area (Å²) in [6, 6.07) is -0.0440. The highest BCUT2D eigenvalue weighted by atomic mass is 16.3. The summed E-state index contributed by atoms with van der Waals surface area (Å²) in [6.07, 6.45) is 1.05. The Labute approximate surface area is 72.8 Å². The van der Waals surface area contributed by atoms with Gasteiger partial charge in [-0.2, -0.15) is 0 Å². The van der Waals surface area contributed by atoms with Crippen LogP contribution in [0.3, 0.4) is 0 Å². The first-order chi connectivity index (χ1) is 5.63. The molecule has 0 unspecified atom stereocenters. The summed E-state index contributed by atoms with van der Waals surface area (Å²) in [5, 5.41) is 17.3. The second kappa shape index (κ2) is 5.97. The Morgan fingerprint density at radius 2 is 1.75 bits per heavy atom. The van der Waals surface area contributed by atoms with Crippen LogP contribution >= 0.6 is 0 Å². The van der Waals surface area contributed by atoms with Gasteiger partial charge in [0.2, 0.25) is 5.91 Å². The fourth-order valence-electron chi connectivity index (χ4n) is 1.09. The lowest BCUT2D eigenvalue weighted by Crippen LogP contribution is -2.36. The molecule has 0 saturated heterocycles. The summed E-state index contributed by atoms with van der Waals surface area (Å²) in [5.74, 6) is -0.0399. The molecule has 0 heterocycles. The van der Waals surface area contributed by atoms with Crippen LogP contribution in [0.5, 0.6) is 0 Å². The van der Waals surface area contributed by atoms with Gasteiger partial charge in [-0.3, -0.25) is 4.79 Å². The van der Waals surface area contributed by atoms with Crippen LogP contribution in [0.25, 0.3) is 0 Å². The van der Waals surface area contributed by atoms with Gasteiger partial charge in [0.05, 0.1) is 0 Å². The minimum Gasteiger partial charge on any atom is -0.396 e. The predicted octanol–water partition coefficient (Wildman–Crippen LogP) is -0.402. The number of aliphatic hydroxyl groups is 2. The van der Waals surface area contributed by atoms with Crippen molar-refractivity contribution < 1.29 is 15.0 Å². The van der Waals surface area contributed by atoms with Crippen molar-refractivity contribution in [3.05, 3.63) is 0 Å². The van der Waals surface area contributed by atoms with Crippen molar-refractivity contribution in [2.45, 2.75) is 25.8 Å². The normalized spacial score (nSPS) is 10.4. The van der Waals surface area contributed by atoms with Gasteiger partial charge in [-0.25, -0.2) is 0 Å². The van der Waals surface area contributed by atoms with E-state index in [1.807, 2.05) is 0 Å². The van der Waals surface area contributed by atoms with Crippen LogP contribution < -0.4 is 0 Å². The SMILES string of the molecule is CC(=O)N(C)C(CCO)CCO. The minimum absolute atomic E-state index is 0.0399. The molecule has 12 heavy (non-hydrogen) atoms. The van der Waals surface area contributed by atoms with Crippen LogP contribution in [-0.4, -0.2) is 47.3 Å². The third-order valence-corrected chi connectivity index (χ3v) is 1.97. The number of hydrogen-bond acceptors (Lipinski definition) is 3. The lowest BCUT2D eigenvalue weighted by atomic mass is 10.1. The van der Waals surface area contributed by atoms with E-state index in [0.717, 1.165) is 0 Å². The van der Waals surface area contributed by atoms with Gasteiger partial charge in [0.1, 0.15) is 0 Å². The van der Waals surface area contributed by atoms with Crippen molar-refractivity contribution in [3.8, 4) is 0 Å². The Kier molecular flexibility index (Phi) is 5.66. The molecule has 0 radical (unpaired) electrons. The number of nitrogens with zero attached hydrogens (tertiary/aromatic N) is 1. The lowest BCUT2D eigenvalue weighted by molar-refractivity contribution is -0.130. The van der Waals surface area contributed by atoms with Crippen molar-refractivity contribution in [3.63, 3.8) is 0 Å². The van der Waals surface area contributed by atoms with Crippen molar-refractivity contribution >= 4 is 5.91 Å². The zero-order valence-electron chi connectivity index (χ0n) is 7.66. The summed E-state index contributed by atoms with van der Waals surface area (Å²) in [4.78, 5) is 12.4. The fraction of sp³-hybridized carbons (Fsp3) is 0.875. The molecular weight excluding hydrogens is 158 g/mol. The first-order valence-electron chi connectivity index (χ1n) is 4.08. The highest BCUT2D eigenvalue weighted by molar-refractivity contribution is 5.73. The topological polar surface area (TPSA) is 60.8 Å². The average molecular weight is 175 g/mol. The average Bonchev–Trinajstić information content (AvgIpc) is 2.03. The molecule has 0 aliphatic rings. The van der Waals surface area contributed by atoms with Crippen LogP contribution in [0, 0.1) is 0 Å².